The van der Waals surface area contributed by atoms with Crippen molar-refractivity contribution in [3.63, 3.8) is 0 Å². The molecular weight excluding hydrogens is 152 g/mol. The Hall–Kier alpha value is -0.0800. The molecule has 0 radical (unpaired) electrons. The lowest BCUT2D eigenvalue weighted by atomic mass is 9.84. The summed E-state index contributed by atoms with van der Waals surface area (Å²) in [5, 5.41) is 9.89. The van der Waals surface area contributed by atoms with E-state index in [1.807, 2.05) is 0 Å². The Balaban J connectivity index is 1.93. The lowest BCUT2D eigenvalue weighted by molar-refractivity contribution is -0.144. The van der Waals surface area contributed by atoms with E-state index in [9.17, 15) is 5.11 Å². The predicted molar refractivity (Wildman–Crippen MR) is 44.6 cm³/mol. The van der Waals surface area contributed by atoms with Crippen molar-refractivity contribution in [3.8, 4) is 0 Å². The summed E-state index contributed by atoms with van der Waals surface area (Å²) in [5.74, 6) is 2.30. The zero-order chi connectivity index (χ0) is 8.46. The van der Waals surface area contributed by atoms with Gasteiger partial charge in [-0.25, -0.2) is 0 Å². The van der Waals surface area contributed by atoms with Crippen LogP contribution >= 0.6 is 0 Å². The first-order valence-corrected chi connectivity index (χ1v) is 5.03. The molecule has 0 unspecified atom stereocenters. The minimum atomic E-state index is -0.124. The summed E-state index contributed by atoms with van der Waals surface area (Å²) in [6.07, 6.45) is 2.00. The van der Waals surface area contributed by atoms with E-state index in [0.29, 0.717) is 24.0 Å². The van der Waals surface area contributed by atoms with Crippen LogP contribution in [-0.4, -0.2) is 23.4 Å². The second-order valence-corrected chi connectivity index (χ2v) is 4.84. The molecule has 3 fully saturated rings. The van der Waals surface area contributed by atoms with Crippen LogP contribution in [0.3, 0.4) is 0 Å². The van der Waals surface area contributed by atoms with Gasteiger partial charge in [-0.05, 0) is 18.3 Å². The van der Waals surface area contributed by atoms with Gasteiger partial charge in [-0.1, -0.05) is 13.8 Å². The van der Waals surface area contributed by atoms with Crippen LogP contribution in [0.15, 0.2) is 0 Å². The molecule has 0 aromatic heterocycles. The third-order valence-electron chi connectivity index (χ3n) is 4.16. The normalized spacial score (nSPS) is 67.8. The Labute approximate surface area is 72.9 Å². The van der Waals surface area contributed by atoms with Gasteiger partial charge in [0.05, 0.1) is 18.3 Å². The van der Waals surface area contributed by atoms with Crippen LogP contribution in [-0.2, 0) is 4.74 Å². The average Bonchev–Trinajstić information content (AvgIpc) is 2.76. The highest BCUT2D eigenvalue weighted by Crippen LogP contribution is 2.59. The lowest BCUT2D eigenvalue weighted by Crippen LogP contribution is -2.46. The summed E-state index contributed by atoms with van der Waals surface area (Å²) in [4.78, 5) is 0. The van der Waals surface area contributed by atoms with Crippen LogP contribution in [0.5, 0.6) is 0 Å². The quantitative estimate of drug-likeness (QED) is 0.585. The van der Waals surface area contributed by atoms with E-state index in [2.05, 4.69) is 13.8 Å². The molecule has 0 spiro atoms. The van der Waals surface area contributed by atoms with Crippen LogP contribution < -0.4 is 0 Å². The van der Waals surface area contributed by atoms with Crippen LogP contribution in [0.25, 0.3) is 0 Å². The van der Waals surface area contributed by atoms with Crippen LogP contribution in [0.1, 0.15) is 20.3 Å². The molecule has 3 aliphatic rings. The first kappa shape index (κ1) is 7.34. The third-order valence-corrected chi connectivity index (χ3v) is 4.16. The van der Waals surface area contributed by atoms with Crippen molar-refractivity contribution < 1.29 is 9.84 Å². The van der Waals surface area contributed by atoms with E-state index in [4.69, 9.17) is 4.74 Å². The second-order valence-electron chi connectivity index (χ2n) is 4.84. The summed E-state index contributed by atoms with van der Waals surface area (Å²) in [6, 6.07) is 0. The minimum Gasteiger partial charge on any atom is -0.392 e. The van der Waals surface area contributed by atoms with E-state index in [0.717, 1.165) is 11.8 Å². The Bertz CT molecular complexity index is 196. The molecule has 68 valence electrons. The molecule has 7 atom stereocenters. The van der Waals surface area contributed by atoms with Gasteiger partial charge >= 0.3 is 0 Å². The zero-order valence-corrected chi connectivity index (χ0v) is 7.60. The highest BCUT2D eigenvalue weighted by Gasteiger charge is 2.63. The van der Waals surface area contributed by atoms with E-state index < -0.39 is 0 Å². The molecule has 2 aliphatic heterocycles. The Morgan fingerprint density at radius 1 is 1.08 bits per heavy atom. The molecule has 0 amide bonds. The van der Waals surface area contributed by atoms with Gasteiger partial charge in [-0.15, -0.1) is 0 Å². The molecule has 2 heteroatoms. The maximum Gasteiger partial charge on any atom is 0.0661 e. The van der Waals surface area contributed by atoms with Gasteiger partial charge < -0.3 is 9.84 Å². The number of aliphatic hydroxyl groups excluding tert-OH is 1. The highest BCUT2D eigenvalue weighted by molar-refractivity contribution is 5.10. The largest absolute Gasteiger partial charge is 0.392 e. The Kier molecular flexibility index (Phi) is 1.25. The first-order chi connectivity index (χ1) is 5.70. The molecule has 0 aromatic carbocycles. The van der Waals surface area contributed by atoms with Gasteiger partial charge in [-0.3, -0.25) is 0 Å². The van der Waals surface area contributed by atoms with E-state index in [1.165, 1.54) is 6.42 Å². The predicted octanol–water partition coefficient (Wildman–Crippen LogP) is 1.04. The molecule has 2 heterocycles. The first-order valence-electron chi connectivity index (χ1n) is 5.03. The SMILES string of the molecule is C[C@@H]1[C@H](O)[C@H](C)[C@H]2O[C@@H]1[C@@H]1C[C@@H]12. The van der Waals surface area contributed by atoms with Crippen molar-refractivity contribution in [2.75, 3.05) is 0 Å². The fraction of sp³-hybridized carbons (Fsp3) is 1.00. The van der Waals surface area contributed by atoms with Crippen molar-refractivity contribution >= 4 is 0 Å². The summed E-state index contributed by atoms with van der Waals surface area (Å²) in [7, 11) is 0. The standard InChI is InChI=1S/C10H16O2/c1-4-8(11)5(2)10-7-3-6(7)9(4)12-10/h4-11H,3H2,1-2H3/t4-,5+,6-,7+,8+,9+,10-. The topological polar surface area (TPSA) is 29.5 Å². The maximum atomic E-state index is 9.89. The van der Waals surface area contributed by atoms with E-state index in [1.54, 1.807) is 0 Å². The molecule has 2 bridgehead atoms. The van der Waals surface area contributed by atoms with Crippen molar-refractivity contribution in [1.29, 1.82) is 0 Å². The van der Waals surface area contributed by atoms with Crippen molar-refractivity contribution in [1.82, 2.24) is 0 Å². The van der Waals surface area contributed by atoms with Gasteiger partial charge in [0, 0.05) is 11.8 Å². The Morgan fingerprint density at radius 3 is 2.08 bits per heavy atom. The summed E-state index contributed by atoms with van der Waals surface area (Å²) < 4.78 is 5.89. The summed E-state index contributed by atoms with van der Waals surface area (Å²) in [6.45, 7) is 4.26. The number of rotatable bonds is 0. The summed E-state index contributed by atoms with van der Waals surface area (Å²) in [5.41, 5.74) is 0. The van der Waals surface area contributed by atoms with Gasteiger partial charge in [0.1, 0.15) is 0 Å². The molecule has 1 N–H and O–H groups in total. The average molecular weight is 168 g/mol. The lowest BCUT2D eigenvalue weighted by Gasteiger charge is -2.39. The number of aliphatic hydroxyl groups is 1. The summed E-state index contributed by atoms with van der Waals surface area (Å²) >= 11 is 0. The zero-order valence-electron chi connectivity index (χ0n) is 7.60. The highest BCUT2D eigenvalue weighted by atomic mass is 16.5. The fourth-order valence-electron chi connectivity index (χ4n) is 3.27. The van der Waals surface area contributed by atoms with Crippen LogP contribution in [0.2, 0.25) is 0 Å². The van der Waals surface area contributed by atoms with Gasteiger partial charge in [0.25, 0.3) is 0 Å². The smallest absolute Gasteiger partial charge is 0.0661 e. The Morgan fingerprint density at radius 2 is 1.58 bits per heavy atom. The van der Waals surface area contributed by atoms with Crippen molar-refractivity contribution in [2.45, 2.75) is 38.6 Å². The molecule has 1 aliphatic carbocycles. The molecule has 2 saturated heterocycles. The van der Waals surface area contributed by atoms with E-state index in [-0.39, 0.29) is 6.10 Å². The van der Waals surface area contributed by atoms with Crippen molar-refractivity contribution in [2.24, 2.45) is 23.7 Å². The molecule has 0 aromatic rings. The monoisotopic (exact) mass is 168 g/mol. The molecule has 2 nitrogen and oxygen atoms in total. The van der Waals surface area contributed by atoms with Crippen LogP contribution in [0, 0.1) is 23.7 Å². The third kappa shape index (κ3) is 0.686. The molecule has 1 saturated carbocycles. The number of ether oxygens (including phenoxy) is 1. The van der Waals surface area contributed by atoms with Crippen molar-refractivity contribution in [3.05, 3.63) is 0 Å². The molecule has 3 rings (SSSR count). The van der Waals surface area contributed by atoms with E-state index >= 15 is 0 Å². The molecular formula is C10H16O2. The maximum absolute atomic E-state index is 9.89. The number of hydrogen-bond donors (Lipinski definition) is 1. The van der Waals surface area contributed by atoms with Crippen LogP contribution in [0.4, 0.5) is 0 Å². The fourth-order valence-corrected chi connectivity index (χ4v) is 3.27. The number of hydrogen-bond acceptors (Lipinski definition) is 2. The van der Waals surface area contributed by atoms with Gasteiger partial charge in [0.2, 0.25) is 0 Å². The second kappa shape index (κ2) is 2.05. The minimum absolute atomic E-state index is 0.124. The van der Waals surface area contributed by atoms with Gasteiger partial charge in [-0.2, -0.15) is 0 Å². The number of fused-ring (bicyclic) bond motifs is 5. The van der Waals surface area contributed by atoms with Gasteiger partial charge in [0.15, 0.2) is 0 Å². The molecule has 12 heavy (non-hydrogen) atoms.